The molecule has 2 rings (SSSR count). The fourth-order valence-corrected chi connectivity index (χ4v) is 3.67. The van der Waals surface area contributed by atoms with Crippen molar-refractivity contribution in [1.29, 1.82) is 0 Å². The second-order valence-corrected chi connectivity index (χ2v) is 7.36. The first-order valence-corrected chi connectivity index (χ1v) is 7.91. The van der Waals surface area contributed by atoms with E-state index in [0.717, 1.165) is 18.5 Å². The van der Waals surface area contributed by atoms with Crippen LogP contribution in [0.4, 0.5) is 0 Å². The average molecular weight is 283 g/mol. The molecule has 1 aromatic heterocycles. The highest BCUT2D eigenvalue weighted by atomic mass is 32.2. The molecule has 1 aromatic rings. The molecule has 0 amide bonds. The maximum absolute atomic E-state index is 12.2. The third-order valence-corrected chi connectivity index (χ3v) is 5.47. The standard InChI is InChI=1S/C13H21N3O2S/c1-11-9-12(6-7-14-11)13-5-4-8-16(10-13)19(17,18)15(2)3/h6-7,9,13H,4-5,8,10H2,1-3H3/t13-/m0/s1. The lowest BCUT2D eigenvalue weighted by Gasteiger charge is -2.33. The van der Waals surface area contributed by atoms with Crippen molar-refractivity contribution in [3.63, 3.8) is 0 Å². The normalized spacial score (nSPS) is 21.8. The van der Waals surface area contributed by atoms with E-state index in [4.69, 9.17) is 0 Å². The van der Waals surface area contributed by atoms with Crippen molar-refractivity contribution >= 4 is 10.2 Å². The third kappa shape index (κ3) is 3.13. The summed E-state index contributed by atoms with van der Waals surface area (Å²) in [4.78, 5) is 4.19. The molecule has 0 unspecified atom stereocenters. The molecule has 0 bridgehead atoms. The van der Waals surface area contributed by atoms with Crippen LogP contribution in [0.25, 0.3) is 0 Å². The minimum atomic E-state index is -3.30. The van der Waals surface area contributed by atoms with Crippen molar-refractivity contribution in [1.82, 2.24) is 13.6 Å². The SMILES string of the molecule is Cc1cc([C@H]2CCCN(S(=O)(=O)N(C)C)C2)ccn1. The first-order chi connectivity index (χ1) is 8.91. The van der Waals surface area contributed by atoms with E-state index >= 15 is 0 Å². The van der Waals surface area contributed by atoms with Gasteiger partial charge in [0.25, 0.3) is 10.2 Å². The van der Waals surface area contributed by atoms with Crippen LogP contribution >= 0.6 is 0 Å². The van der Waals surface area contributed by atoms with Gasteiger partial charge in [-0.25, -0.2) is 0 Å². The summed E-state index contributed by atoms with van der Waals surface area (Å²) in [5.41, 5.74) is 2.16. The first kappa shape index (κ1) is 14.4. The summed E-state index contributed by atoms with van der Waals surface area (Å²) in [7, 11) is -0.142. The number of hydrogen-bond donors (Lipinski definition) is 0. The predicted molar refractivity (Wildman–Crippen MR) is 75.1 cm³/mol. The van der Waals surface area contributed by atoms with Crippen molar-refractivity contribution in [3.8, 4) is 0 Å². The van der Waals surface area contributed by atoms with Crippen LogP contribution in [0.15, 0.2) is 18.3 Å². The Hall–Kier alpha value is -0.980. The number of aryl methyl sites for hydroxylation is 1. The molecule has 106 valence electrons. The van der Waals surface area contributed by atoms with Gasteiger partial charge in [0.05, 0.1) is 0 Å². The summed E-state index contributed by atoms with van der Waals surface area (Å²) in [6.45, 7) is 3.13. The van der Waals surface area contributed by atoms with Gasteiger partial charge in [-0.15, -0.1) is 0 Å². The van der Waals surface area contributed by atoms with E-state index in [1.165, 1.54) is 9.87 Å². The number of aromatic nitrogens is 1. The Morgan fingerprint density at radius 2 is 2.16 bits per heavy atom. The number of hydrogen-bond acceptors (Lipinski definition) is 3. The summed E-state index contributed by atoms with van der Waals surface area (Å²) >= 11 is 0. The molecular formula is C13H21N3O2S. The Kier molecular flexibility index (Phi) is 4.23. The van der Waals surface area contributed by atoms with Crippen LogP contribution in [0.3, 0.4) is 0 Å². The van der Waals surface area contributed by atoms with Crippen LogP contribution < -0.4 is 0 Å². The lowest BCUT2D eigenvalue weighted by Crippen LogP contribution is -2.44. The Balaban J connectivity index is 2.18. The highest BCUT2D eigenvalue weighted by Gasteiger charge is 2.30. The summed E-state index contributed by atoms with van der Waals surface area (Å²) < 4.78 is 27.2. The van der Waals surface area contributed by atoms with Gasteiger partial charge in [-0.3, -0.25) is 4.98 Å². The summed E-state index contributed by atoms with van der Waals surface area (Å²) in [5, 5.41) is 0. The molecule has 1 atom stereocenters. The fourth-order valence-electron chi connectivity index (χ4n) is 2.48. The second kappa shape index (κ2) is 5.56. The van der Waals surface area contributed by atoms with E-state index in [9.17, 15) is 8.42 Å². The van der Waals surface area contributed by atoms with E-state index in [1.54, 1.807) is 24.6 Å². The van der Waals surface area contributed by atoms with Crippen molar-refractivity contribution in [2.75, 3.05) is 27.2 Å². The van der Waals surface area contributed by atoms with Gasteiger partial charge in [0.2, 0.25) is 0 Å². The maximum atomic E-state index is 12.2. The van der Waals surface area contributed by atoms with Crippen molar-refractivity contribution in [3.05, 3.63) is 29.6 Å². The van der Waals surface area contributed by atoms with Crippen molar-refractivity contribution < 1.29 is 8.42 Å². The lowest BCUT2D eigenvalue weighted by atomic mass is 9.92. The molecule has 1 saturated heterocycles. The molecule has 1 aliphatic rings. The molecule has 2 heterocycles. The molecule has 0 N–H and O–H groups in total. The average Bonchev–Trinajstić information content (AvgIpc) is 2.38. The second-order valence-electron chi connectivity index (χ2n) is 5.22. The number of pyridine rings is 1. The Bertz CT molecular complexity index is 543. The van der Waals surface area contributed by atoms with Gasteiger partial charge in [-0.1, -0.05) is 0 Å². The van der Waals surface area contributed by atoms with Crippen molar-refractivity contribution in [2.24, 2.45) is 0 Å². The zero-order valence-corrected chi connectivity index (χ0v) is 12.5. The third-order valence-electron chi connectivity index (χ3n) is 3.56. The Morgan fingerprint density at radius 1 is 1.42 bits per heavy atom. The van der Waals surface area contributed by atoms with Gasteiger partial charge in [-0.2, -0.15) is 17.0 Å². The lowest BCUT2D eigenvalue weighted by molar-refractivity contribution is 0.298. The van der Waals surface area contributed by atoms with Gasteiger partial charge in [0.1, 0.15) is 0 Å². The number of piperidine rings is 1. The monoisotopic (exact) mass is 283 g/mol. The quantitative estimate of drug-likeness (QED) is 0.842. The van der Waals surface area contributed by atoms with Crippen LogP contribution in [-0.4, -0.2) is 49.2 Å². The molecule has 1 aliphatic heterocycles. The van der Waals surface area contributed by atoms with E-state index in [0.29, 0.717) is 13.1 Å². The number of nitrogens with zero attached hydrogens (tertiary/aromatic N) is 3. The minimum Gasteiger partial charge on any atom is -0.262 e. The molecule has 5 nitrogen and oxygen atoms in total. The Labute approximate surface area is 115 Å². The molecular weight excluding hydrogens is 262 g/mol. The van der Waals surface area contributed by atoms with Crippen molar-refractivity contribution in [2.45, 2.75) is 25.7 Å². The highest BCUT2D eigenvalue weighted by Crippen LogP contribution is 2.28. The molecule has 19 heavy (non-hydrogen) atoms. The van der Waals surface area contributed by atoms with E-state index in [-0.39, 0.29) is 5.92 Å². The van der Waals surface area contributed by atoms with E-state index in [2.05, 4.69) is 11.1 Å². The van der Waals surface area contributed by atoms with E-state index < -0.39 is 10.2 Å². The molecule has 0 aromatic carbocycles. The van der Waals surface area contributed by atoms with Gasteiger partial charge in [-0.05, 0) is 43.4 Å². The zero-order valence-electron chi connectivity index (χ0n) is 11.7. The molecule has 1 fully saturated rings. The minimum absolute atomic E-state index is 0.269. The molecule has 0 aliphatic carbocycles. The van der Waals surface area contributed by atoms with Crippen LogP contribution in [0.5, 0.6) is 0 Å². The Morgan fingerprint density at radius 3 is 2.79 bits per heavy atom. The highest BCUT2D eigenvalue weighted by molar-refractivity contribution is 7.86. The van der Waals surface area contributed by atoms with Gasteiger partial charge in [0, 0.05) is 39.1 Å². The predicted octanol–water partition coefficient (Wildman–Crippen LogP) is 1.38. The first-order valence-electron chi connectivity index (χ1n) is 6.51. The summed E-state index contributed by atoms with van der Waals surface area (Å²) in [6, 6.07) is 4.04. The molecule has 6 heteroatoms. The van der Waals surface area contributed by atoms with Crippen LogP contribution in [-0.2, 0) is 10.2 Å². The maximum Gasteiger partial charge on any atom is 0.281 e. The molecule has 0 radical (unpaired) electrons. The fraction of sp³-hybridized carbons (Fsp3) is 0.615. The van der Waals surface area contributed by atoms with Crippen LogP contribution in [0.1, 0.15) is 30.0 Å². The van der Waals surface area contributed by atoms with Gasteiger partial charge < -0.3 is 0 Å². The smallest absolute Gasteiger partial charge is 0.262 e. The number of rotatable bonds is 3. The van der Waals surface area contributed by atoms with Gasteiger partial charge in [0.15, 0.2) is 0 Å². The van der Waals surface area contributed by atoms with Crippen LogP contribution in [0, 0.1) is 6.92 Å². The van der Waals surface area contributed by atoms with Crippen LogP contribution in [0.2, 0.25) is 0 Å². The van der Waals surface area contributed by atoms with E-state index in [1.807, 2.05) is 13.0 Å². The summed E-state index contributed by atoms with van der Waals surface area (Å²) in [6.07, 6.45) is 3.73. The zero-order chi connectivity index (χ0) is 14.0. The molecule has 0 spiro atoms. The van der Waals surface area contributed by atoms with Gasteiger partial charge >= 0.3 is 0 Å². The summed E-state index contributed by atoms with van der Waals surface area (Å²) in [5.74, 6) is 0.269. The largest absolute Gasteiger partial charge is 0.281 e. The topological polar surface area (TPSA) is 53.5 Å². The molecule has 0 saturated carbocycles.